The zero-order chi connectivity index (χ0) is 16.4. The summed E-state index contributed by atoms with van der Waals surface area (Å²) in [6.07, 6.45) is 3.06. The van der Waals surface area contributed by atoms with Crippen LogP contribution in [0, 0.1) is 5.92 Å². The Morgan fingerprint density at radius 1 is 1.35 bits per heavy atom. The van der Waals surface area contributed by atoms with E-state index in [-0.39, 0.29) is 12.3 Å². The molecule has 2 N–H and O–H groups in total. The Bertz CT molecular complexity index is 590. The number of nitrogens with zero attached hydrogens (tertiary/aromatic N) is 2. The molecular weight excluding hydrogens is 300 g/mol. The monoisotopic (exact) mass is 323 g/mol. The molecule has 23 heavy (non-hydrogen) atoms. The van der Waals surface area contributed by atoms with Gasteiger partial charge in [-0.2, -0.15) is 0 Å². The fourth-order valence-corrected chi connectivity index (χ4v) is 3.21. The number of aliphatic imine (C=N–C) groups is 1. The number of hydrogen-bond donors (Lipinski definition) is 1. The molecule has 0 aromatic heterocycles. The molecule has 126 valence electrons. The third-order valence-corrected chi connectivity index (χ3v) is 4.49. The van der Waals surface area contributed by atoms with Crippen molar-refractivity contribution in [1.82, 2.24) is 0 Å². The van der Waals surface area contributed by atoms with Crippen LogP contribution in [-0.2, 0) is 4.74 Å². The molecule has 2 aliphatic rings. The van der Waals surface area contributed by atoms with Gasteiger partial charge in [-0.1, -0.05) is 0 Å². The van der Waals surface area contributed by atoms with Crippen LogP contribution < -0.4 is 10.6 Å². The first-order valence-corrected chi connectivity index (χ1v) is 8.11. The van der Waals surface area contributed by atoms with Crippen molar-refractivity contribution in [3.05, 3.63) is 18.2 Å². The van der Waals surface area contributed by atoms with Crippen LogP contribution in [0.1, 0.15) is 26.2 Å². The minimum absolute atomic E-state index is 0.0968. The highest BCUT2D eigenvalue weighted by Gasteiger charge is 2.35. The summed E-state index contributed by atoms with van der Waals surface area (Å²) in [5.41, 5.74) is 7.66. The Balaban J connectivity index is 1.87. The fourth-order valence-electron chi connectivity index (χ4n) is 3.21. The van der Waals surface area contributed by atoms with E-state index in [4.69, 9.17) is 10.5 Å². The van der Waals surface area contributed by atoms with E-state index in [2.05, 4.69) is 4.99 Å². The van der Waals surface area contributed by atoms with Crippen molar-refractivity contribution >= 4 is 22.8 Å². The minimum atomic E-state index is -2.92. The van der Waals surface area contributed by atoms with Gasteiger partial charge in [-0.15, -0.1) is 0 Å². The molecule has 1 aromatic carbocycles. The van der Waals surface area contributed by atoms with Crippen LogP contribution in [0.4, 0.5) is 25.8 Å². The number of rotatable bonds is 3. The van der Waals surface area contributed by atoms with Crippen molar-refractivity contribution in [3.8, 4) is 0 Å². The maximum absolute atomic E-state index is 13.8. The number of nitrogen functional groups attached to an aromatic ring is 1. The smallest absolute Gasteiger partial charge is 0.285 e. The quantitative estimate of drug-likeness (QED) is 0.864. The van der Waals surface area contributed by atoms with Crippen molar-refractivity contribution in [2.75, 3.05) is 36.9 Å². The SMILES string of the molecule is CC(F)(F)C1=Nc2cc(N)ccc2N(CC2CCCOCC2)C1. The van der Waals surface area contributed by atoms with Crippen molar-refractivity contribution in [2.45, 2.75) is 32.1 Å². The van der Waals surface area contributed by atoms with Gasteiger partial charge in [-0.05, 0) is 43.4 Å². The molecule has 4 nitrogen and oxygen atoms in total. The number of ether oxygens (including phenoxy) is 1. The lowest BCUT2D eigenvalue weighted by molar-refractivity contribution is 0.0987. The Labute approximate surface area is 135 Å². The molecule has 0 saturated carbocycles. The normalized spacial score (nSPS) is 22.3. The second-order valence-corrected chi connectivity index (χ2v) is 6.48. The summed E-state index contributed by atoms with van der Waals surface area (Å²) < 4.78 is 33.1. The van der Waals surface area contributed by atoms with E-state index >= 15 is 0 Å². The zero-order valence-corrected chi connectivity index (χ0v) is 13.4. The van der Waals surface area contributed by atoms with Gasteiger partial charge in [0.05, 0.1) is 17.9 Å². The number of fused-ring (bicyclic) bond motifs is 1. The van der Waals surface area contributed by atoms with E-state index in [9.17, 15) is 8.78 Å². The lowest BCUT2D eigenvalue weighted by Gasteiger charge is -2.34. The summed E-state index contributed by atoms with van der Waals surface area (Å²) in [5.74, 6) is -2.47. The van der Waals surface area contributed by atoms with E-state index in [0.717, 1.165) is 51.6 Å². The van der Waals surface area contributed by atoms with Gasteiger partial charge in [0.25, 0.3) is 5.92 Å². The minimum Gasteiger partial charge on any atom is -0.399 e. The van der Waals surface area contributed by atoms with Crippen LogP contribution in [0.25, 0.3) is 0 Å². The number of nitrogens with two attached hydrogens (primary N) is 1. The van der Waals surface area contributed by atoms with Crippen LogP contribution in [0.3, 0.4) is 0 Å². The topological polar surface area (TPSA) is 50.8 Å². The van der Waals surface area contributed by atoms with Gasteiger partial charge in [0, 0.05) is 32.4 Å². The molecule has 2 aliphatic heterocycles. The second kappa shape index (κ2) is 6.43. The molecule has 1 unspecified atom stereocenters. The highest BCUT2D eigenvalue weighted by molar-refractivity contribution is 6.00. The summed E-state index contributed by atoms with van der Waals surface area (Å²) in [4.78, 5) is 6.18. The fraction of sp³-hybridized carbons (Fsp3) is 0.588. The molecule has 0 amide bonds. The van der Waals surface area contributed by atoms with Crippen LogP contribution in [0.2, 0.25) is 0 Å². The van der Waals surface area contributed by atoms with Gasteiger partial charge < -0.3 is 15.4 Å². The predicted molar refractivity (Wildman–Crippen MR) is 88.9 cm³/mol. The third-order valence-electron chi connectivity index (χ3n) is 4.49. The zero-order valence-electron chi connectivity index (χ0n) is 13.4. The largest absolute Gasteiger partial charge is 0.399 e. The lowest BCUT2D eigenvalue weighted by Crippen LogP contribution is -2.42. The molecule has 3 rings (SSSR count). The molecular formula is C17H23F2N3O. The number of halogens is 2. The van der Waals surface area contributed by atoms with Gasteiger partial charge in [0.2, 0.25) is 0 Å². The molecule has 0 spiro atoms. The van der Waals surface area contributed by atoms with E-state index in [0.29, 0.717) is 17.3 Å². The van der Waals surface area contributed by atoms with Gasteiger partial charge in [0.15, 0.2) is 0 Å². The van der Waals surface area contributed by atoms with E-state index in [1.54, 1.807) is 12.1 Å². The molecule has 0 radical (unpaired) electrons. The summed E-state index contributed by atoms with van der Waals surface area (Å²) in [6.45, 7) is 3.36. The van der Waals surface area contributed by atoms with Crippen LogP contribution in [0.15, 0.2) is 23.2 Å². The molecule has 1 saturated heterocycles. The third kappa shape index (κ3) is 3.80. The van der Waals surface area contributed by atoms with E-state index in [1.807, 2.05) is 11.0 Å². The predicted octanol–water partition coefficient (Wildman–Crippen LogP) is 3.63. The molecule has 1 aromatic rings. The number of anilines is 2. The molecule has 0 bridgehead atoms. The maximum atomic E-state index is 13.8. The summed E-state index contributed by atoms with van der Waals surface area (Å²) in [6, 6.07) is 5.35. The number of alkyl halides is 2. The summed E-state index contributed by atoms with van der Waals surface area (Å²) >= 11 is 0. The first-order valence-electron chi connectivity index (χ1n) is 8.11. The Morgan fingerprint density at radius 2 is 2.17 bits per heavy atom. The number of hydrogen-bond acceptors (Lipinski definition) is 4. The van der Waals surface area contributed by atoms with Crippen LogP contribution in [0.5, 0.6) is 0 Å². The molecule has 1 atom stereocenters. The van der Waals surface area contributed by atoms with Crippen molar-refractivity contribution in [3.63, 3.8) is 0 Å². The first-order chi connectivity index (χ1) is 10.9. The van der Waals surface area contributed by atoms with Crippen molar-refractivity contribution in [2.24, 2.45) is 10.9 Å². The van der Waals surface area contributed by atoms with Crippen molar-refractivity contribution in [1.29, 1.82) is 0 Å². The number of benzene rings is 1. The molecule has 6 heteroatoms. The second-order valence-electron chi connectivity index (χ2n) is 6.48. The Morgan fingerprint density at radius 3 is 2.96 bits per heavy atom. The molecule has 0 aliphatic carbocycles. The van der Waals surface area contributed by atoms with E-state index < -0.39 is 5.92 Å². The van der Waals surface area contributed by atoms with Crippen LogP contribution in [-0.4, -0.2) is 37.9 Å². The van der Waals surface area contributed by atoms with Crippen molar-refractivity contribution < 1.29 is 13.5 Å². The Hall–Kier alpha value is -1.69. The van der Waals surface area contributed by atoms with Gasteiger partial charge in [0.1, 0.15) is 5.71 Å². The summed E-state index contributed by atoms with van der Waals surface area (Å²) in [7, 11) is 0. The van der Waals surface area contributed by atoms with Crippen LogP contribution >= 0.6 is 0 Å². The molecule has 1 fully saturated rings. The molecule has 2 heterocycles. The first kappa shape index (κ1) is 16.2. The van der Waals surface area contributed by atoms with Gasteiger partial charge in [-0.3, -0.25) is 0 Å². The summed E-state index contributed by atoms with van der Waals surface area (Å²) in [5, 5.41) is 0. The van der Waals surface area contributed by atoms with E-state index in [1.165, 1.54) is 0 Å². The van der Waals surface area contributed by atoms with Gasteiger partial charge in [-0.25, -0.2) is 13.8 Å². The lowest BCUT2D eigenvalue weighted by atomic mass is 9.98. The highest BCUT2D eigenvalue weighted by Crippen LogP contribution is 2.37. The van der Waals surface area contributed by atoms with Gasteiger partial charge >= 0.3 is 0 Å². The standard InChI is InChI=1S/C17H23F2N3O/c1-17(18,19)16-11-22(10-12-3-2-7-23-8-6-12)15-5-4-13(20)9-14(15)21-16/h4-5,9,12H,2-3,6-8,10-11,20H2,1H3. The maximum Gasteiger partial charge on any atom is 0.285 e. The Kier molecular flexibility index (Phi) is 4.53. The average molecular weight is 323 g/mol. The highest BCUT2D eigenvalue weighted by atomic mass is 19.3. The average Bonchev–Trinajstić information content (AvgIpc) is 2.74.